The standard InChI is InChI=1S/C18H25NO3/c1-13(2)19(12-18(21)22-3)17(20)11-14-8-9-15-6-4-5-7-16(15)10-14/h8-10,13H,4-7,11-12H2,1-3H3. The number of carbonyl (C=O) groups is 2. The number of aryl methyl sites for hydroxylation is 2. The molecule has 0 saturated heterocycles. The lowest BCUT2D eigenvalue weighted by atomic mass is 9.90. The number of amides is 1. The quantitative estimate of drug-likeness (QED) is 0.785. The summed E-state index contributed by atoms with van der Waals surface area (Å²) >= 11 is 0. The van der Waals surface area contributed by atoms with Gasteiger partial charge in [0.05, 0.1) is 13.5 Å². The van der Waals surface area contributed by atoms with Gasteiger partial charge in [-0.3, -0.25) is 9.59 Å². The van der Waals surface area contributed by atoms with Crippen molar-refractivity contribution in [1.82, 2.24) is 4.90 Å². The van der Waals surface area contributed by atoms with Crippen molar-refractivity contribution >= 4 is 11.9 Å². The van der Waals surface area contributed by atoms with Crippen molar-refractivity contribution in [3.8, 4) is 0 Å². The molecule has 0 unspecified atom stereocenters. The molecule has 0 heterocycles. The number of nitrogens with zero attached hydrogens (tertiary/aromatic N) is 1. The van der Waals surface area contributed by atoms with Gasteiger partial charge in [0.1, 0.15) is 6.54 Å². The number of hydrogen-bond donors (Lipinski definition) is 0. The first kappa shape index (κ1) is 16.5. The van der Waals surface area contributed by atoms with Crippen molar-refractivity contribution in [3.05, 3.63) is 34.9 Å². The maximum atomic E-state index is 12.5. The first-order valence-electron chi connectivity index (χ1n) is 7.98. The van der Waals surface area contributed by atoms with E-state index in [0.717, 1.165) is 18.4 Å². The highest BCUT2D eigenvalue weighted by Crippen LogP contribution is 2.22. The molecule has 0 radical (unpaired) electrons. The van der Waals surface area contributed by atoms with Crippen molar-refractivity contribution in [3.63, 3.8) is 0 Å². The van der Waals surface area contributed by atoms with Crippen LogP contribution in [-0.2, 0) is 33.6 Å². The molecule has 0 fully saturated rings. The number of methoxy groups -OCH3 is 1. The SMILES string of the molecule is COC(=O)CN(C(=O)Cc1ccc2c(c1)CCCC2)C(C)C. The van der Waals surface area contributed by atoms with Gasteiger partial charge in [-0.15, -0.1) is 0 Å². The summed E-state index contributed by atoms with van der Waals surface area (Å²) in [7, 11) is 1.34. The van der Waals surface area contributed by atoms with Crippen LogP contribution in [0.1, 0.15) is 43.4 Å². The summed E-state index contributed by atoms with van der Waals surface area (Å²) < 4.78 is 4.67. The van der Waals surface area contributed by atoms with Gasteiger partial charge in [-0.1, -0.05) is 18.2 Å². The Morgan fingerprint density at radius 3 is 2.50 bits per heavy atom. The zero-order valence-corrected chi connectivity index (χ0v) is 13.7. The Kier molecular flexibility index (Phi) is 5.58. The molecule has 1 aromatic carbocycles. The molecule has 1 aliphatic carbocycles. The van der Waals surface area contributed by atoms with Crippen LogP contribution in [0, 0.1) is 0 Å². The van der Waals surface area contributed by atoms with Crippen LogP contribution in [0.4, 0.5) is 0 Å². The number of ether oxygens (including phenoxy) is 1. The highest BCUT2D eigenvalue weighted by Gasteiger charge is 2.21. The molecule has 0 spiro atoms. The van der Waals surface area contributed by atoms with Gasteiger partial charge in [-0.2, -0.15) is 0 Å². The summed E-state index contributed by atoms with van der Waals surface area (Å²) in [4.78, 5) is 25.5. The van der Waals surface area contributed by atoms with Crippen LogP contribution in [0.25, 0.3) is 0 Å². The van der Waals surface area contributed by atoms with Crippen LogP contribution >= 0.6 is 0 Å². The molecule has 1 aromatic rings. The molecule has 1 amide bonds. The smallest absolute Gasteiger partial charge is 0.325 e. The van der Waals surface area contributed by atoms with Crippen LogP contribution in [0.5, 0.6) is 0 Å². The Labute approximate surface area is 132 Å². The lowest BCUT2D eigenvalue weighted by molar-refractivity contribution is -0.148. The summed E-state index contributed by atoms with van der Waals surface area (Å²) in [6, 6.07) is 6.32. The minimum atomic E-state index is -0.382. The largest absolute Gasteiger partial charge is 0.468 e. The second-order valence-electron chi connectivity index (χ2n) is 6.18. The van der Waals surface area contributed by atoms with E-state index in [2.05, 4.69) is 16.9 Å². The number of rotatable bonds is 5. The summed E-state index contributed by atoms with van der Waals surface area (Å²) in [6.07, 6.45) is 5.07. The summed E-state index contributed by atoms with van der Waals surface area (Å²) in [5.41, 5.74) is 3.82. The Balaban J connectivity index is 2.07. The third-order valence-corrected chi connectivity index (χ3v) is 4.24. The van der Waals surface area contributed by atoms with Crippen LogP contribution in [0.3, 0.4) is 0 Å². The van der Waals surface area contributed by atoms with E-state index in [1.807, 2.05) is 19.9 Å². The molecule has 4 heteroatoms. The van der Waals surface area contributed by atoms with Gasteiger partial charge < -0.3 is 9.64 Å². The number of benzene rings is 1. The average Bonchev–Trinajstić information content (AvgIpc) is 2.51. The third-order valence-electron chi connectivity index (χ3n) is 4.24. The Hall–Kier alpha value is -1.84. The van der Waals surface area contributed by atoms with Crippen LogP contribution in [-0.4, -0.2) is 36.5 Å². The van der Waals surface area contributed by atoms with Crippen molar-refractivity contribution in [1.29, 1.82) is 0 Å². The maximum absolute atomic E-state index is 12.5. The minimum absolute atomic E-state index is 0.0118. The van der Waals surface area contributed by atoms with Crippen LogP contribution in [0.2, 0.25) is 0 Å². The molecule has 0 N–H and O–H groups in total. The fourth-order valence-corrected chi connectivity index (χ4v) is 2.94. The highest BCUT2D eigenvalue weighted by atomic mass is 16.5. The lowest BCUT2D eigenvalue weighted by Gasteiger charge is -2.26. The zero-order valence-electron chi connectivity index (χ0n) is 13.7. The topological polar surface area (TPSA) is 46.6 Å². The number of esters is 1. The first-order valence-corrected chi connectivity index (χ1v) is 7.98. The third kappa shape index (κ3) is 4.09. The van der Waals surface area contributed by atoms with E-state index in [9.17, 15) is 9.59 Å². The Bertz CT molecular complexity index is 551. The van der Waals surface area contributed by atoms with Gasteiger partial charge in [0, 0.05) is 6.04 Å². The molecule has 22 heavy (non-hydrogen) atoms. The van der Waals surface area contributed by atoms with E-state index < -0.39 is 0 Å². The molecule has 0 saturated carbocycles. The van der Waals surface area contributed by atoms with Gasteiger partial charge >= 0.3 is 5.97 Å². The van der Waals surface area contributed by atoms with E-state index in [0.29, 0.717) is 6.42 Å². The molecule has 0 atom stereocenters. The lowest BCUT2D eigenvalue weighted by Crippen LogP contribution is -2.41. The molecule has 0 aromatic heterocycles. The Morgan fingerprint density at radius 1 is 1.18 bits per heavy atom. The maximum Gasteiger partial charge on any atom is 0.325 e. The van der Waals surface area contributed by atoms with Gasteiger partial charge in [-0.25, -0.2) is 0 Å². The van der Waals surface area contributed by atoms with E-state index in [-0.39, 0.29) is 24.5 Å². The predicted molar refractivity (Wildman–Crippen MR) is 85.7 cm³/mol. The van der Waals surface area contributed by atoms with Gasteiger partial charge in [0.15, 0.2) is 0 Å². The van der Waals surface area contributed by atoms with Crippen molar-refractivity contribution in [2.45, 2.75) is 52.0 Å². The molecule has 1 aliphatic rings. The zero-order chi connectivity index (χ0) is 16.1. The molecule has 0 bridgehead atoms. The second kappa shape index (κ2) is 7.43. The van der Waals surface area contributed by atoms with Crippen LogP contribution in [0.15, 0.2) is 18.2 Å². The molecule has 0 aliphatic heterocycles. The van der Waals surface area contributed by atoms with E-state index >= 15 is 0 Å². The monoisotopic (exact) mass is 303 g/mol. The van der Waals surface area contributed by atoms with Crippen molar-refractivity contribution in [2.24, 2.45) is 0 Å². The number of fused-ring (bicyclic) bond motifs is 1. The van der Waals surface area contributed by atoms with Crippen molar-refractivity contribution < 1.29 is 14.3 Å². The van der Waals surface area contributed by atoms with Crippen molar-refractivity contribution in [2.75, 3.05) is 13.7 Å². The minimum Gasteiger partial charge on any atom is -0.468 e. The first-order chi connectivity index (χ1) is 10.5. The summed E-state index contributed by atoms with van der Waals surface area (Å²) in [5, 5.41) is 0. The molecule has 120 valence electrons. The van der Waals surface area contributed by atoms with Gasteiger partial charge in [-0.05, 0) is 56.2 Å². The predicted octanol–water partition coefficient (Wildman–Crippen LogP) is 2.52. The molecular formula is C18H25NO3. The average molecular weight is 303 g/mol. The summed E-state index contributed by atoms with van der Waals surface area (Å²) in [6.45, 7) is 3.83. The molecular weight excluding hydrogens is 278 g/mol. The van der Waals surface area contributed by atoms with E-state index in [1.54, 1.807) is 4.90 Å². The van der Waals surface area contributed by atoms with Crippen LogP contribution < -0.4 is 0 Å². The number of carbonyl (C=O) groups excluding carboxylic acids is 2. The molecule has 4 nitrogen and oxygen atoms in total. The summed E-state index contributed by atoms with van der Waals surface area (Å²) in [5.74, 6) is -0.413. The van der Waals surface area contributed by atoms with E-state index in [1.165, 1.54) is 31.1 Å². The highest BCUT2D eigenvalue weighted by molar-refractivity contribution is 5.83. The van der Waals surface area contributed by atoms with Gasteiger partial charge in [0.25, 0.3) is 0 Å². The number of hydrogen-bond acceptors (Lipinski definition) is 3. The van der Waals surface area contributed by atoms with Gasteiger partial charge in [0.2, 0.25) is 5.91 Å². The second-order valence-corrected chi connectivity index (χ2v) is 6.18. The normalized spacial score (nSPS) is 13.6. The fourth-order valence-electron chi connectivity index (χ4n) is 2.94. The fraction of sp³-hybridized carbons (Fsp3) is 0.556. The Morgan fingerprint density at radius 2 is 1.86 bits per heavy atom. The molecule has 2 rings (SSSR count). The van der Waals surface area contributed by atoms with E-state index in [4.69, 9.17) is 0 Å².